The van der Waals surface area contributed by atoms with E-state index in [0.717, 1.165) is 28.9 Å². The number of fused-ring (bicyclic) bond motifs is 1. The average molecular weight is 250 g/mol. The molecule has 1 unspecified atom stereocenters. The molecule has 1 aromatic carbocycles. The minimum absolute atomic E-state index is 0.156. The summed E-state index contributed by atoms with van der Waals surface area (Å²) in [5.41, 5.74) is 2.08. The van der Waals surface area contributed by atoms with E-state index in [1.807, 2.05) is 19.1 Å². The van der Waals surface area contributed by atoms with Gasteiger partial charge in [0.2, 0.25) is 0 Å². The Kier molecular flexibility index (Phi) is 4.20. The maximum Gasteiger partial charge on any atom is 0.167 e. The molecule has 2 rings (SSSR count). The Labute approximate surface area is 107 Å². The number of carbonyl (C=O) groups excluding carboxylic acids is 1. The van der Waals surface area contributed by atoms with Gasteiger partial charge in [-0.3, -0.25) is 0 Å². The maximum atomic E-state index is 10.7. The van der Waals surface area contributed by atoms with Gasteiger partial charge in [0.05, 0.1) is 6.61 Å². The third kappa shape index (κ3) is 2.48. The Balaban J connectivity index is 2.42. The minimum atomic E-state index is 0.156. The van der Waals surface area contributed by atoms with Crippen molar-refractivity contribution >= 4 is 6.29 Å². The molecule has 0 N–H and O–H groups in total. The lowest BCUT2D eigenvalue weighted by Gasteiger charge is -2.24. The molecule has 18 heavy (non-hydrogen) atoms. The molecule has 1 heterocycles. The zero-order chi connectivity index (χ0) is 13.0. The fourth-order valence-corrected chi connectivity index (χ4v) is 2.22. The van der Waals surface area contributed by atoms with Crippen molar-refractivity contribution in [2.45, 2.75) is 25.9 Å². The van der Waals surface area contributed by atoms with Crippen molar-refractivity contribution in [3.63, 3.8) is 0 Å². The number of ether oxygens (including phenoxy) is 3. The summed E-state index contributed by atoms with van der Waals surface area (Å²) >= 11 is 0. The zero-order valence-electron chi connectivity index (χ0n) is 10.8. The predicted octanol–water partition coefficient (Wildman–Crippen LogP) is 2.30. The quantitative estimate of drug-likeness (QED) is 0.752. The second-order valence-corrected chi connectivity index (χ2v) is 4.39. The summed E-state index contributed by atoms with van der Waals surface area (Å²) in [6.45, 7) is 3.61. The molecule has 0 aromatic heterocycles. The molecule has 0 bridgehead atoms. The van der Waals surface area contributed by atoms with E-state index in [4.69, 9.17) is 14.2 Å². The fourth-order valence-electron chi connectivity index (χ4n) is 2.22. The highest BCUT2D eigenvalue weighted by molar-refractivity contribution is 5.56. The van der Waals surface area contributed by atoms with Crippen molar-refractivity contribution in [2.75, 3.05) is 20.3 Å². The number of rotatable bonds is 5. The summed E-state index contributed by atoms with van der Waals surface area (Å²) < 4.78 is 16.5. The lowest BCUT2D eigenvalue weighted by atomic mass is 9.92. The summed E-state index contributed by atoms with van der Waals surface area (Å²) in [5, 5.41) is 0. The second-order valence-electron chi connectivity index (χ2n) is 4.39. The molecule has 98 valence electrons. The van der Waals surface area contributed by atoms with E-state index >= 15 is 0 Å². The van der Waals surface area contributed by atoms with Crippen LogP contribution in [-0.2, 0) is 16.1 Å². The molecule has 0 radical (unpaired) electrons. The first-order chi connectivity index (χ1) is 8.77. The Hall–Kier alpha value is -1.55. The molecule has 0 saturated carbocycles. The van der Waals surface area contributed by atoms with Gasteiger partial charge in [-0.15, -0.1) is 0 Å². The second kappa shape index (κ2) is 5.87. The Morgan fingerprint density at radius 1 is 1.39 bits per heavy atom. The van der Waals surface area contributed by atoms with Gasteiger partial charge in [-0.05, 0) is 17.5 Å². The lowest BCUT2D eigenvalue weighted by molar-refractivity contribution is -0.108. The van der Waals surface area contributed by atoms with Crippen LogP contribution in [0.25, 0.3) is 0 Å². The number of aldehydes is 1. The number of methoxy groups -OCH3 is 1. The number of hydrogen-bond donors (Lipinski definition) is 0. The van der Waals surface area contributed by atoms with Crippen molar-refractivity contribution in [3.8, 4) is 11.5 Å². The van der Waals surface area contributed by atoms with Crippen LogP contribution in [0.5, 0.6) is 11.5 Å². The Morgan fingerprint density at radius 2 is 2.17 bits per heavy atom. The summed E-state index contributed by atoms with van der Waals surface area (Å²) in [4.78, 5) is 10.7. The molecular formula is C14H18O4. The van der Waals surface area contributed by atoms with Crippen LogP contribution in [0.4, 0.5) is 0 Å². The molecule has 4 nitrogen and oxygen atoms in total. The van der Waals surface area contributed by atoms with Gasteiger partial charge in [0.15, 0.2) is 11.5 Å². The SMILES string of the molecule is COCc1c(C(C)CC=O)ccc2c1OCCO2. The van der Waals surface area contributed by atoms with E-state index in [1.165, 1.54) is 0 Å². The number of carbonyl (C=O) groups is 1. The van der Waals surface area contributed by atoms with Crippen LogP contribution in [0.15, 0.2) is 12.1 Å². The molecule has 4 heteroatoms. The molecular weight excluding hydrogens is 232 g/mol. The monoisotopic (exact) mass is 250 g/mol. The molecule has 0 saturated heterocycles. The average Bonchev–Trinajstić information content (AvgIpc) is 2.39. The lowest BCUT2D eigenvalue weighted by Crippen LogP contribution is -2.18. The van der Waals surface area contributed by atoms with E-state index < -0.39 is 0 Å². The third-order valence-corrected chi connectivity index (χ3v) is 3.12. The maximum absolute atomic E-state index is 10.7. The van der Waals surface area contributed by atoms with E-state index in [1.54, 1.807) is 7.11 Å². The molecule has 0 amide bonds. The summed E-state index contributed by atoms with van der Waals surface area (Å²) in [6, 6.07) is 3.90. The standard InChI is InChI=1S/C14H18O4/c1-10(5-6-15)11-3-4-13-14(12(11)9-16-2)18-8-7-17-13/h3-4,6,10H,5,7-9H2,1-2H3. The van der Waals surface area contributed by atoms with Gasteiger partial charge >= 0.3 is 0 Å². The van der Waals surface area contributed by atoms with Crippen LogP contribution < -0.4 is 9.47 Å². The first-order valence-corrected chi connectivity index (χ1v) is 6.11. The molecule has 0 aliphatic carbocycles. The van der Waals surface area contributed by atoms with Crippen LogP contribution in [0.1, 0.15) is 30.4 Å². The summed E-state index contributed by atoms with van der Waals surface area (Å²) in [6.07, 6.45) is 1.44. The molecule has 0 spiro atoms. The topological polar surface area (TPSA) is 44.8 Å². The number of benzene rings is 1. The van der Waals surface area contributed by atoms with Crippen LogP contribution in [0.2, 0.25) is 0 Å². The number of hydrogen-bond acceptors (Lipinski definition) is 4. The molecule has 1 atom stereocenters. The first-order valence-electron chi connectivity index (χ1n) is 6.11. The van der Waals surface area contributed by atoms with E-state index in [9.17, 15) is 4.79 Å². The van der Waals surface area contributed by atoms with Crippen molar-refractivity contribution in [2.24, 2.45) is 0 Å². The van der Waals surface area contributed by atoms with Crippen molar-refractivity contribution in [3.05, 3.63) is 23.3 Å². The van der Waals surface area contributed by atoms with Gasteiger partial charge in [-0.1, -0.05) is 13.0 Å². The highest BCUT2D eigenvalue weighted by Gasteiger charge is 2.21. The van der Waals surface area contributed by atoms with Crippen molar-refractivity contribution in [1.82, 2.24) is 0 Å². The smallest absolute Gasteiger partial charge is 0.167 e. The molecule has 1 aliphatic heterocycles. The van der Waals surface area contributed by atoms with Crippen LogP contribution in [-0.4, -0.2) is 26.6 Å². The van der Waals surface area contributed by atoms with Crippen LogP contribution in [0, 0.1) is 0 Å². The zero-order valence-corrected chi connectivity index (χ0v) is 10.8. The Morgan fingerprint density at radius 3 is 2.89 bits per heavy atom. The molecule has 1 aliphatic rings. The van der Waals surface area contributed by atoms with Gasteiger partial charge in [0.1, 0.15) is 19.5 Å². The van der Waals surface area contributed by atoms with E-state index in [-0.39, 0.29) is 5.92 Å². The fraction of sp³-hybridized carbons (Fsp3) is 0.500. The first kappa shape index (κ1) is 12.9. The highest BCUT2D eigenvalue weighted by atomic mass is 16.6. The Bertz CT molecular complexity index is 428. The van der Waals surface area contributed by atoms with E-state index in [0.29, 0.717) is 26.2 Å². The summed E-state index contributed by atoms with van der Waals surface area (Å²) in [5.74, 6) is 1.68. The van der Waals surface area contributed by atoms with Crippen LogP contribution in [0.3, 0.4) is 0 Å². The van der Waals surface area contributed by atoms with Gasteiger partial charge < -0.3 is 19.0 Å². The summed E-state index contributed by atoms with van der Waals surface area (Å²) in [7, 11) is 1.65. The normalized spacial score (nSPS) is 15.2. The largest absolute Gasteiger partial charge is 0.486 e. The molecule has 0 fully saturated rings. The van der Waals surface area contributed by atoms with Gasteiger partial charge in [-0.25, -0.2) is 0 Å². The van der Waals surface area contributed by atoms with Gasteiger partial charge in [0.25, 0.3) is 0 Å². The predicted molar refractivity (Wildman–Crippen MR) is 67.2 cm³/mol. The highest BCUT2D eigenvalue weighted by Crippen LogP contribution is 2.39. The van der Waals surface area contributed by atoms with Gasteiger partial charge in [-0.2, -0.15) is 0 Å². The van der Waals surface area contributed by atoms with Crippen molar-refractivity contribution < 1.29 is 19.0 Å². The van der Waals surface area contributed by atoms with Crippen molar-refractivity contribution in [1.29, 1.82) is 0 Å². The third-order valence-electron chi connectivity index (χ3n) is 3.12. The van der Waals surface area contributed by atoms with E-state index in [2.05, 4.69) is 0 Å². The van der Waals surface area contributed by atoms with Crippen LogP contribution >= 0.6 is 0 Å². The minimum Gasteiger partial charge on any atom is -0.486 e. The molecule has 1 aromatic rings. The van der Waals surface area contributed by atoms with Gasteiger partial charge in [0, 0.05) is 19.1 Å².